The highest BCUT2D eigenvalue weighted by atomic mass is 32.2. The smallest absolute Gasteiger partial charge is 0.306 e. The van der Waals surface area contributed by atoms with Crippen LogP contribution in [0.2, 0.25) is 0 Å². The van der Waals surface area contributed by atoms with Gasteiger partial charge >= 0.3 is 5.97 Å². The average molecular weight is 250 g/mol. The SMILES string of the molecule is COC(=O)CCS(=O)(=O)N1CCC(CN)C1. The highest BCUT2D eigenvalue weighted by Crippen LogP contribution is 2.19. The van der Waals surface area contributed by atoms with Gasteiger partial charge in [-0.3, -0.25) is 4.79 Å². The molecule has 1 aliphatic heterocycles. The molecule has 1 rings (SSSR count). The summed E-state index contributed by atoms with van der Waals surface area (Å²) < 4.78 is 29.4. The van der Waals surface area contributed by atoms with Gasteiger partial charge in [-0.2, -0.15) is 0 Å². The van der Waals surface area contributed by atoms with E-state index in [2.05, 4.69) is 4.74 Å². The Bertz CT molecular complexity index is 341. The van der Waals surface area contributed by atoms with Gasteiger partial charge in [0.1, 0.15) is 0 Å². The quantitative estimate of drug-likeness (QED) is 0.643. The fraction of sp³-hybridized carbons (Fsp3) is 0.889. The van der Waals surface area contributed by atoms with Crippen LogP contribution in [0.4, 0.5) is 0 Å². The van der Waals surface area contributed by atoms with Gasteiger partial charge in [-0.25, -0.2) is 12.7 Å². The van der Waals surface area contributed by atoms with E-state index in [1.54, 1.807) is 0 Å². The van der Waals surface area contributed by atoms with Crippen molar-refractivity contribution in [2.75, 3.05) is 32.5 Å². The molecule has 2 N–H and O–H groups in total. The third kappa shape index (κ3) is 3.43. The molecule has 0 aromatic rings. The lowest BCUT2D eigenvalue weighted by Crippen LogP contribution is -2.32. The molecule has 6 nitrogen and oxygen atoms in total. The second-order valence-corrected chi connectivity index (χ2v) is 5.98. The molecule has 1 unspecified atom stereocenters. The Morgan fingerprint density at radius 1 is 1.56 bits per heavy atom. The van der Waals surface area contributed by atoms with Gasteiger partial charge in [0.25, 0.3) is 0 Å². The fourth-order valence-corrected chi connectivity index (χ4v) is 3.19. The number of sulfonamides is 1. The molecule has 0 aliphatic carbocycles. The zero-order valence-electron chi connectivity index (χ0n) is 9.39. The molecule has 94 valence electrons. The summed E-state index contributed by atoms with van der Waals surface area (Å²) in [4.78, 5) is 10.9. The molecular weight excluding hydrogens is 232 g/mol. The molecule has 0 radical (unpaired) electrons. The molecule has 0 spiro atoms. The van der Waals surface area contributed by atoms with Crippen molar-refractivity contribution in [2.45, 2.75) is 12.8 Å². The van der Waals surface area contributed by atoms with Crippen molar-refractivity contribution in [3.8, 4) is 0 Å². The van der Waals surface area contributed by atoms with E-state index in [0.29, 0.717) is 19.6 Å². The summed E-state index contributed by atoms with van der Waals surface area (Å²) >= 11 is 0. The average Bonchev–Trinajstić information content (AvgIpc) is 2.75. The summed E-state index contributed by atoms with van der Waals surface area (Å²) in [7, 11) is -2.09. The van der Waals surface area contributed by atoms with E-state index in [-0.39, 0.29) is 18.1 Å². The van der Waals surface area contributed by atoms with Gasteiger partial charge in [-0.1, -0.05) is 0 Å². The summed E-state index contributed by atoms with van der Waals surface area (Å²) in [6.45, 7) is 1.48. The Morgan fingerprint density at radius 3 is 2.75 bits per heavy atom. The Balaban J connectivity index is 2.49. The second kappa shape index (κ2) is 5.60. The van der Waals surface area contributed by atoms with Crippen LogP contribution in [0.3, 0.4) is 0 Å². The minimum atomic E-state index is -3.33. The summed E-state index contributed by atoms with van der Waals surface area (Å²) in [6.07, 6.45) is 0.705. The maximum atomic E-state index is 11.8. The number of carbonyl (C=O) groups is 1. The molecule has 0 aromatic heterocycles. The van der Waals surface area contributed by atoms with Gasteiger partial charge in [0.2, 0.25) is 10.0 Å². The summed E-state index contributed by atoms with van der Waals surface area (Å²) in [5.74, 6) is -0.442. The van der Waals surface area contributed by atoms with Crippen LogP contribution in [-0.4, -0.2) is 51.2 Å². The van der Waals surface area contributed by atoms with E-state index in [1.807, 2.05) is 0 Å². The number of hydrogen-bond donors (Lipinski definition) is 1. The van der Waals surface area contributed by atoms with Crippen LogP contribution in [0.25, 0.3) is 0 Å². The first kappa shape index (κ1) is 13.4. The molecule has 0 amide bonds. The van der Waals surface area contributed by atoms with Crippen molar-refractivity contribution in [1.82, 2.24) is 4.31 Å². The molecule has 1 saturated heterocycles. The highest BCUT2D eigenvalue weighted by Gasteiger charge is 2.30. The number of rotatable bonds is 5. The van der Waals surface area contributed by atoms with Gasteiger partial charge in [0, 0.05) is 13.1 Å². The first-order valence-corrected chi connectivity index (χ1v) is 6.85. The molecule has 16 heavy (non-hydrogen) atoms. The van der Waals surface area contributed by atoms with Gasteiger partial charge in [0.15, 0.2) is 0 Å². The number of nitrogens with two attached hydrogens (primary N) is 1. The lowest BCUT2D eigenvalue weighted by molar-refractivity contribution is -0.140. The molecule has 1 aliphatic rings. The van der Waals surface area contributed by atoms with Crippen molar-refractivity contribution in [2.24, 2.45) is 11.7 Å². The number of methoxy groups -OCH3 is 1. The van der Waals surface area contributed by atoms with Crippen LogP contribution < -0.4 is 5.73 Å². The zero-order chi connectivity index (χ0) is 12.2. The first-order valence-electron chi connectivity index (χ1n) is 5.24. The predicted octanol–water partition coefficient (Wildman–Crippen LogP) is -0.840. The first-order chi connectivity index (χ1) is 7.49. The third-order valence-electron chi connectivity index (χ3n) is 2.77. The molecule has 0 saturated carbocycles. The van der Waals surface area contributed by atoms with Crippen molar-refractivity contribution in [3.05, 3.63) is 0 Å². The lowest BCUT2D eigenvalue weighted by atomic mass is 10.1. The van der Waals surface area contributed by atoms with Crippen LogP contribution >= 0.6 is 0 Å². The van der Waals surface area contributed by atoms with E-state index in [9.17, 15) is 13.2 Å². The molecule has 1 atom stereocenters. The van der Waals surface area contributed by atoms with E-state index in [4.69, 9.17) is 5.73 Å². The number of esters is 1. The van der Waals surface area contributed by atoms with E-state index >= 15 is 0 Å². The fourth-order valence-electron chi connectivity index (χ4n) is 1.69. The van der Waals surface area contributed by atoms with Gasteiger partial charge in [-0.05, 0) is 18.9 Å². The van der Waals surface area contributed by atoms with Crippen molar-refractivity contribution >= 4 is 16.0 Å². The zero-order valence-corrected chi connectivity index (χ0v) is 10.2. The Kier molecular flexibility index (Phi) is 4.69. The molecule has 0 aromatic carbocycles. The maximum Gasteiger partial charge on any atom is 0.306 e. The normalized spacial score (nSPS) is 22.2. The van der Waals surface area contributed by atoms with Crippen LogP contribution in [0, 0.1) is 5.92 Å². The summed E-state index contributed by atoms with van der Waals surface area (Å²) in [5, 5.41) is 0. The van der Waals surface area contributed by atoms with Gasteiger partial charge < -0.3 is 10.5 Å². The van der Waals surface area contributed by atoms with Crippen LogP contribution in [0.1, 0.15) is 12.8 Å². The Morgan fingerprint density at radius 2 is 2.25 bits per heavy atom. The monoisotopic (exact) mass is 250 g/mol. The van der Waals surface area contributed by atoms with Crippen LogP contribution in [0.15, 0.2) is 0 Å². The lowest BCUT2D eigenvalue weighted by Gasteiger charge is -2.15. The largest absolute Gasteiger partial charge is 0.469 e. The van der Waals surface area contributed by atoms with Gasteiger partial charge in [-0.15, -0.1) is 0 Å². The van der Waals surface area contributed by atoms with E-state index in [0.717, 1.165) is 6.42 Å². The number of nitrogens with zero attached hydrogens (tertiary/aromatic N) is 1. The highest BCUT2D eigenvalue weighted by molar-refractivity contribution is 7.89. The number of hydrogen-bond acceptors (Lipinski definition) is 5. The second-order valence-electron chi connectivity index (χ2n) is 3.89. The summed E-state index contributed by atoms with van der Waals surface area (Å²) in [6, 6.07) is 0. The van der Waals surface area contributed by atoms with Crippen molar-refractivity contribution in [1.29, 1.82) is 0 Å². The molecular formula is C9H18N2O4S. The Labute approximate surface area is 95.8 Å². The minimum Gasteiger partial charge on any atom is -0.469 e. The number of carbonyl (C=O) groups excluding carboxylic acids is 1. The third-order valence-corrected chi connectivity index (χ3v) is 4.61. The topological polar surface area (TPSA) is 89.7 Å². The minimum absolute atomic E-state index is 0.0946. The number of ether oxygens (including phenoxy) is 1. The molecule has 1 fully saturated rings. The maximum absolute atomic E-state index is 11.8. The van der Waals surface area contributed by atoms with Crippen LogP contribution in [-0.2, 0) is 19.6 Å². The molecule has 1 heterocycles. The molecule has 7 heteroatoms. The summed E-state index contributed by atoms with van der Waals surface area (Å²) in [5.41, 5.74) is 5.49. The predicted molar refractivity (Wildman–Crippen MR) is 59.2 cm³/mol. The Hall–Kier alpha value is -0.660. The van der Waals surface area contributed by atoms with E-state index in [1.165, 1.54) is 11.4 Å². The van der Waals surface area contributed by atoms with Crippen molar-refractivity contribution in [3.63, 3.8) is 0 Å². The van der Waals surface area contributed by atoms with Crippen molar-refractivity contribution < 1.29 is 17.9 Å². The van der Waals surface area contributed by atoms with E-state index < -0.39 is 16.0 Å². The van der Waals surface area contributed by atoms with Gasteiger partial charge in [0.05, 0.1) is 19.3 Å². The molecule has 0 bridgehead atoms. The van der Waals surface area contributed by atoms with Crippen LogP contribution in [0.5, 0.6) is 0 Å². The standard InChI is InChI=1S/C9H18N2O4S/c1-15-9(12)3-5-16(13,14)11-4-2-8(6-10)7-11/h8H,2-7,10H2,1H3.